The van der Waals surface area contributed by atoms with Gasteiger partial charge in [0.25, 0.3) is 5.91 Å². The molecule has 1 aliphatic heterocycles. The predicted octanol–water partition coefficient (Wildman–Crippen LogP) is 3.68. The van der Waals surface area contributed by atoms with Gasteiger partial charge >= 0.3 is 0 Å². The summed E-state index contributed by atoms with van der Waals surface area (Å²) in [5.41, 5.74) is 1.76. The lowest BCUT2D eigenvalue weighted by Crippen LogP contribution is -2.35. The van der Waals surface area contributed by atoms with E-state index in [-0.39, 0.29) is 30.1 Å². The number of anilines is 2. The van der Waals surface area contributed by atoms with Crippen molar-refractivity contribution in [3.8, 4) is 5.75 Å². The summed E-state index contributed by atoms with van der Waals surface area (Å²) in [4.78, 5) is 39.3. The van der Waals surface area contributed by atoms with E-state index in [1.165, 1.54) is 0 Å². The van der Waals surface area contributed by atoms with Gasteiger partial charge in [0.15, 0.2) is 0 Å². The zero-order valence-electron chi connectivity index (χ0n) is 17.6. The smallest absolute Gasteiger partial charge is 0.255 e. The monoisotopic (exact) mass is 421 g/mol. The van der Waals surface area contributed by atoms with Crippen LogP contribution in [0.15, 0.2) is 48.5 Å². The van der Waals surface area contributed by atoms with Gasteiger partial charge in [0.2, 0.25) is 11.8 Å². The van der Waals surface area contributed by atoms with E-state index in [2.05, 4.69) is 10.6 Å². The summed E-state index contributed by atoms with van der Waals surface area (Å²) < 4.78 is 5.11. The van der Waals surface area contributed by atoms with E-state index >= 15 is 0 Å². The lowest BCUT2D eigenvalue weighted by molar-refractivity contribution is -0.129. The average Bonchev–Trinajstić information content (AvgIpc) is 3.44. The second kappa shape index (κ2) is 9.20. The van der Waals surface area contributed by atoms with E-state index in [4.69, 9.17) is 4.74 Å². The van der Waals surface area contributed by atoms with E-state index in [1.807, 2.05) is 4.90 Å². The highest BCUT2D eigenvalue weighted by Crippen LogP contribution is 2.30. The lowest BCUT2D eigenvalue weighted by atomic mass is 10.1. The lowest BCUT2D eigenvalue weighted by Gasteiger charge is -2.23. The van der Waals surface area contributed by atoms with Crippen LogP contribution in [-0.4, -0.2) is 42.3 Å². The van der Waals surface area contributed by atoms with Gasteiger partial charge in [-0.15, -0.1) is 0 Å². The van der Waals surface area contributed by atoms with E-state index in [0.717, 1.165) is 25.7 Å². The van der Waals surface area contributed by atoms with Crippen LogP contribution in [-0.2, 0) is 9.59 Å². The third-order valence-corrected chi connectivity index (χ3v) is 6.06. The van der Waals surface area contributed by atoms with E-state index in [1.54, 1.807) is 55.6 Å². The summed E-state index contributed by atoms with van der Waals surface area (Å²) in [5.74, 6) is 0.0816. The number of carbonyl (C=O) groups excluding carboxylic acids is 3. The van der Waals surface area contributed by atoms with Gasteiger partial charge in [0.1, 0.15) is 5.75 Å². The van der Waals surface area contributed by atoms with Crippen LogP contribution in [0.4, 0.5) is 11.4 Å². The van der Waals surface area contributed by atoms with Crippen molar-refractivity contribution >= 4 is 29.1 Å². The largest absolute Gasteiger partial charge is 0.497 e. The number of likely N-dealkylation sites (tertiary alicyclic amines) is 1. The number of methoxy groups -OCH3 is 1. The van der Waals surface area contributed by atoms with Gasteiger partial charge in [-0.3, -0.25) is 14.4 Å². The molecule has 0 spiro atoms. The second-order valence-corrected chi connectivity index (χ2v) is 8.13. The molecule has 0 radical (unpaired) electrons. The van der Waals surface area contributed by atoms with Crippen molar-refractivity contribution in [3.63, 3.8) is 0 Å². The maximum atomic E-state index is 12.7. The first-order chi connectivity index (χ1) is 15.0. The highest BCUT2D eigenvalue weighted by Gasteiger charge is 2.38. The van der Waals surface area contributed by atoms with Crippen molar-refractivity contribution in [1.29, 1.82) is 0 Å². The Hall–Kier alpha value is -3.35. The Bertz CT molecular complexity index is 950. The molecular weight excluding hydrogens is 394 g/mol. The van der Waals surface area contributed by atoms with Crippen LogP contribution in [0, 0.1) is 5.92 Å². The first-order valence-electron chi connectivity index (χ1n) is 10.7. The Morgan fingerprint density at radius 2 is 1.55 bits per heavy atom. The SMILES string of the molecule is COc1ccc(NC(=O)c2ccc(NC(=O)[C@H]3CC(=O)N(C4CCCC4)C3)cc2)cc1. The molecule has 7 nitrogen and oxygen atoms in total. The summed E-state index contributed by atoms with van der Waals surface area (Å²) in [5, 5.41) is 5.71. The van der Waals surface area contributed by atoms with Crippen molar-refractivity contribution in [2.45, 2.75) is 38.1 Å². The first-order valence-corrected chi connectivity index (χ1v) is 10.7. The minimum atomic E-state index is -0.328. The molecule has 1 atom stereocenters. The predicted molar refractivity (Wildman–Crippen MR) is 118 cm³/mol. The number of ether oxygens (including phenoxy) is 1. The maximum Gasteiger partial charge on any atom is 0.255 e. The Morgan fingerprint density at radius 1 is 0.935 bits per heavy atom. The molecule has 0 unspecified atom stereocenters. The van der Waals surface area contributed by atoms with Crippen LogP contribution in [0.3, 0.4) is 0 Å². The van der Waals surface area contributed by atoms with Gasteiger partial charge in [-0.1, -0.05) is 12.8 Å². The van der Waals surface area contributed by atoms with E-state index in [0.29, 0.717) is 35.3 Å². The fraction of sp³-hybridized carbons (Fsp3) is 0.375. The van der Waals surface area contributed by atoms with E-state index in [9.17, 15) is 14.4 Å². The van der Waals surface area contributed by atoms with Gasteiger partial charge in [-0.2, -0.15) is 0 Å². The summed E-state index contributed by atoms with van der Waals surface area (Å²) >= 11 is 0. The summed E-state index contributed by atoms with van der Waals surface area (Å²) in [7, 11) is 1.59. The maximum absolute atomic E-state index is 12.7. The van der Waals surface area contributed by atoms with Crippen LogP contribution in [0.5, 0.6) is 5.75 Å². The topological polar surface area (TPSA) is 87.7 Å². The Balaban J connectivity index is 1.32. The molecule has 2 aromatic carbocycles. The van der Waals surface area contributed by atoms with Crippen molar-refractivity contribution in [2.24, 2.45) is 5.92 Å². The van der Waals surface area contributed by atoms with E-state index < -0.39 is 0 Å². The Kier molecular flexibility index (Phi) is 6.21. The summed E-state index contributed by atoms with van der Waals surface area (Å²) in [6, 6.07) is 14.1. The number of benzene rings is 2. The summed E-state index contributed by atoms with van der Waals surface area (Å²) in [6.07, 6.45) is 4.67. The van der Waals surface area contributed by atoms with Crippen LogP contribution >= 0.6 is 0 Å². The fourth-order valence-corrected chi connectivity index (χ4v) is 4.30. The second-order valence-electron chi connectivity index (χ2n) is 8.13. The first kappa shape index (κ1) is 20.9. The summed E-state index contributed by atoms with van der Waals surface area (Å²) in [6.45, 7) is 0.498. The number of hydrogen-bond donors (Lipinski definition) is 2. The average molecular weight is 421 g/mol. The van der Waals surface area contributed by atoms with Gasteiger partial charge in [-0.05, 0) is 61.4 Å². The van der Waals surface area contributed by atoms with Crippen LogP contribution in [0.25, 0.3) is 0 Å². The molecule has 3 amide bonds. The van der Waals surface area contributed by atoms with Gasteiger partial charge in [0.05, 0.1) is 13.0 Å². The molecule has 162 valence electrons. The number of hydrogen-bond acceptors (Lipinski definition) is 4. The van der Waals surface area contributed by atoms with Gasteiger partial charge in [0, 0.05) is 35.9 Å². The number of nitrogens with zero attached hydrogens (tertiary/aromatic N) is 1. The molecule has 31 heavy (non-hydrogen) atoms. The fourth-order valence-electron chi connectivity index (χ4n) is 4.30. The highest BCUT2D eigenvalue weighted by atomic mass is 16.5. The molecule has 1 saturated carbocycles. The normalized spacial score (nSPS) is 18.8. The third kappa shape index (κ3) is 4.87. The number of amides is 3. The standard InChI is InChI=1S/C24H27N3O4/c1-31-21-12-10-19(11-13-21)25-23(29)16-6-8-18(9-7-16)26-24(30)17-14-22(28)27(15-17)20-4-2-3-5-20/h6-13,17,20H,2-5,14-15H2,1H3,(H,25,29)(H,26,30)/t17-/m0/s1. The minimum absolute atomic E-state index is 0.0811. The molecule has 2 N–H and O–H groups in total. The quantitative estimate of drug-likeness (QED) is 0.745. The molecule has 0 aromatic heterocycles. The highest BCUT2D eigenvalue weighted by molar-refractivity contribution is 6.05. The molecule has 1 aliphatic carbocycles. The van der Waals surface area contributed by atoms with Crippen LogP contribution < -0.4 is 15.4 Å². The molecule has 2 aromatic rings. The Morgan fingerprint density at radius 3 is 2.19 bits per heavy atom. The molecule has 1 saturated heterocycles. The van der Waals surface area contributed by atoms with Crippen LogP contribution in [0.1, 0.15) is 42.5 Å². The van der Waals surface area contributed by atoms with Crippen molar-refractivity contribution in [3.05, 3.63) is 54.1 Å². The third-order valence-electron chi connectivity index (χ3n) is 6.06. The molecule has 1 heterocycles. The van der Waals surface area contributed by atoms with Crippen LogP contribution in [0.2, 0.25) is 0 Å². The van der Waals surface area contributed by atoms with Crippen molar-refractivity contribution < 1.29 is 19.1 Å². The molecule has 2 aliphatic rings. The van der Waals surface area contributed by atoms with Gasteiger partial charge in [-0.25, -0.2) is 0 Å². The minimum Gasteiger partial charge on any atom is -0.497 e. The number of nitrogens with one attached hydrogen (secondary N) is 2. The van der Waals surface area contributed by atoms with Gasteiger partial charge < -0.3 is 20.3 Å². The molecular formula is C24H27N3O4. The number of rotatable bonds is 6. The zero-order chi connectivity index (χ0) is 21.8. The molecule has 2 fully saturated rings. The Labute approximate surface area is 181 Å². The zero-order valence-corrected chi connectivity index (χ0v) is 17.6. The molecule has 4 rings (SSSR count). The van der Waals surface area contributed by atoms with Crippen molar-refractivity contribution in [2.75, 3.05) is 24.3 Å². The number of carbonyl (C=O) groups is 3. The molecule has 7 heteroatoms. The molecule has 0 bridgehead atoms. The van der Waals surface area contributed by atoms with Crippen molar-refractivity contribution in [1.82, 2.24) is 4.90 Å².